The number of aromatic nitrogens is 3. The fourth-order valence-electron chi connectivity index (χ4n) is 2.66. The molecule has 0 aromatic carbocycles. The Morgan fingerprint density at radius 2 is 2.33 bits per heavy atom. The summed E-state index contributed by atoms with van der Waals surface area (Å²) < 4.78 is 1.41. The Morgan fingerprint density at radius 1 is 1.43 bits per heavy atom. The van der Waals surface area contributed by atoms with Gasteiger partial charge in [0.2, 0.25) is 4.96 Å². The minimum Gasteiger partial charge on any atom is -0.292 e. The molecule has 4 rings (SSSR count). The summed E-state index contributed by atoms with van der Waals surface area (Å²) >= 11 is 3.35. The molecule has 1 aliphatic rings. The van der Waals surface area contributed by atoms with Crippen molar-refractivity contribution in [2.45, 2.75) is 26.4 Å². The van der Waals surface area contributed by atoms with Crippen LogP contribution in [0.3, 0.4) is 0 Å². The maximum atomic E-state index is 11.9. The Labute approximate surface area is 129 Å². The molecule has 0 bridgehead atoms. The first-order valence-electron chi connectivity index (χ1n) is 6.83. The number of fused-ring (bicyclic) bond motifs is 2. The van der Waals surface area contributed by atoms with Gasteiger partial charge in [0, 0.05) is 29.7 Å². The molecule has 1 aliphatic heterocycles. The number of hydrogen-bond acceptors (Lipinski definition) is 6. The van der Waals surface area contributed by atoms with E-state index >= 15 is 0 Å². The number of rotatable bonds is 2. The van der Waals surface area contributed by atoms with Crippen molar-refractivity contribution in [2.75, 3.05) is 6.54 Å². The third kappa shape index (κ3) is 2.41. The van der Waals surface area contributed by atoms with Gasteiger partial charge in [-0.05, 0) is 30.4 Å². The van der Waals surface area contributed by atoms with Crippen molar-refractivity contribution in [1.29, 1.82) is 0 Å². The molecule has 3 aromatic rings. The number of aryl methyl sites for hydroxylation is 1. The molecule has 0 unspecified atom stereocenters. The van der Waals surface area contributed by atoms with Crippen LogP contribution in [-0.4, -0.2) is 26.0 Å². The van der Waals surface area contributed by atoms with Crippen LogP contribution in [0.25, 0.3) is 4.96 Å². The van der Waals surface area contributed by atoms with Gasteiger partial charge in [0.1, 0.15) is 5.01 Å². The average molecular weight is 318 g/mol. The molecule has 108 valence electrons. The predicted molar refractivity (Wildman–Crippen MR) is 84.0 cm³/mol. The van der Waals surface area contributed by atoms with E-state index in [4.69, 9.17) is 0 Å². The van der Waals surface area contributed by atoms with Crippen LogP contribution in [0.4, 0.5) is 0 Å². The molecule has 3 aromatic heterocycles. The Hall–Kier alpha value is -1.57. The zero-order valence-corrected chi connectivity index (χ0v) is 13.2. The van der Waals surface area contributed by atoms with Crippen molar-refractivity contribution in [3.63, 3.8) is 0 Å². The highest BCUT2D eigenvalue weighted by Crippen LogP contribution is 2.25. The Morgan fingerprint density at radius 3 is 3.24 bits per heavy atom. The Balaban J connectivity index is 1.61. The molecule has 0 saturated carbocycles. The highest BCUT2D eigenvalue weighted by molar-refractivity contribution is 7.16. The molecule has 0 aliphatic carbocycles. The summed E-state index contributed by atoms with van der Waals surface area (Å²) in [6.45, 7) is 4.63. The van der Waals surface area contributed by atoms with Gasteiger partial charge in [-0.15, -0.1) is 11.3 Å². The third-order valence-electron chi connectivity index (χ3n) is 3.66. The second-order valence-electron chi connectivity index (χ2n) is 5.26. The van der Waals surface area contributed by atoms with E-state index in [1.807, 2.05) is 18.3 Å². The molecule has 21 heavy (non-hydrogen) atoms. The van der Waals surface area contributed by atoms with E-state index in [0.29, 0.717) is 4.96 Å². The van der Waals surface area contributed by atoms with Crippen molar-refractivity contribution >= 4 is 27.6 Å². The van der Waals surface area contributed by atoms with Gasteiger partial charge >= 0.3 is 0 Å². The average Bonchev–Trinajstić information content (AvgIpc) is 3.04. The van der Waals surface area contributed by atoms with Crippen molar-refractivity contribution in [2.24, 2.45) is 0 Å². The van der Waals surface area contributed by atoms with Gasteiger partial charge in [-0.2, -0.15) is 9.61 Å². The first kappa shape index (κ1) is 13.1. The first-order valence-corrected chi connectivity index (χ1v) is 8.53. The Bertz CT molecular complexity index is 863. The van der Waals surface area contributed by atoms with Gasteiger partial charge < -0.3 is 0 Å². The predicted octanol–water partition coefficient (Wildman–Crippen LogP) is 2.08. The fourth-order valence-corrected chi connectivity index (χ4v) is 4.53. The summed E-state index contributed by atoms with van der Waals surface area (Å²) in [5, 5.41) is 7.53. The largest absolute Gasteiger partial charge is 0.292 e. The zero-order valence-electron chi connectivity index (χ0n) is 11.6. The SMILES string of the molecule is Cc1cc(=O)n2nc(CN3CCc4sccc4C3)sc2n1. The normalized spacial score (nSPS) is 15.5. The number of nitrogens with zero attached hydrogens (tertiary/aromatic N) is 4. The van der Waals surface area contributed by atoms with E-state index in [0.717, 1.165) is 36.8 Å². The summed E-state index contributed by atoms with van der Waals surface area (Å²) in [5.41, 5.74) is 2.08. The maximum absolute atomic E-state index is 11.9. The van der Waals surface area contributed by atoms with Gasteiger partial charge in [-0.25, -0.2) is 4.98 Å². The highest BCUT2D eigenvalue weighted by Gasteiger charge is 2.19. The number of hydrogen-bond donors (Lipinski definition) is 0. The van der Waals surface area contributed by atoms with E-state index in [1.54, 1.807) is 0 Å². The van der Waals surface area contributed by atoms with Crippen LogP contribution in [-0.2, 0) is 19.5 Å². The molecule has 0 saturated heterocycles. The van der Waals surface area contributed by atoms with Crippen molar-refractivity contribution in [3.05, 3.63) is 49.0 Å². The smallest absolute Gasteiger partial charge is 0.275 e. The second kappa shape index (κ2) is 5.01. The molecule has 7 heteroatoms. The topological polar surface area (TPSA) is 50.5 Å². The van der Waals surface area contributed by atoms with E-state index in [-0.39, 0.29) is 5.56 Å². The van der Waals surface area contributed by atoms with E-state index in [2.05, 4.69) is 26.4 Å². The third-order valence-corrected chi connectivity index (χ3v) is 5.58. The van der Waals surface area contributed by atoms with Crippen LogP contribution in [0.5, 0.6) is 0 Å². The quantitative estimate of drug-likeness (QED) is 0.726. The molecular weight excluding hydrogens is 304 g/mol. The van der Waals surface area contributed by atoms with E-state index in [9.17, 15) is 4.79 Å². The lowest BCUT2D eigenvalue weighted by Crippen LogP contribution is -2.29. The molecule has 4 heterocycles. The van der Waals surface area contributed by atoms with Crippen LogP contribution in [0.1, 0.15) is 21.1 Å². The molecule has 0 spiro atoms. The Kier molecular flexibility index (Phi) is 3.13. The molecule has 0 fully saturated rings. The van der Waals surface area contributed by atoms with Gasteiger partial charge in [0.15, 0.2) is 0 Å². The first-order chi connectivity index (χ1) is 10.2. The monoisotopic (exact) mass is 318 g/mol. The van der Waals surface area contributed by atoms with Crippen molar-refractivity contribution in [1.82, 2.24) is 19.5 Å². The summed E-state index contributed by atoms with van der Waals surface area (Å²) in [5.74, 6) is 0. The second-order valence-corrected chi connectivity index (χ2v) is 7.30. The van der Waals surface area contributed by atoms with Crippen LogP contribution < -0.4 is 5.56 Å². The minimum absolute atomic E-state index is 0.0984. The zero-order chi connectivity index (χ0) is 14.4. The van der Waals surface area contributed by atoms with Crippen molar-refractivity contribution < 1.29 is 0 Å². The maximum Gasteiger partial charge on any atom is 0.275 e. The lowest BCUT2D eigenvalue weighted by Gasteiger charge is -2.25. The summed E-state index contributed by atoms with van der Waals surface area (Å²) in [6.07, 6.45) is 1.11. The van der Waals surface area contributed by atoms with Crippen LogP contribution >= 0.6 is 22.7 Å². The van der Waals surface area contributed by atoms with Gasteiger partial charge in [-0.1, -0.05) is 11.3 Å². The summed E-state index contributed by atoms with van der Waals surface area (Å²) in [4.78, 5) is 20.8. The van der Waals surface area contributed by atoms with E-state index in [1.165, 1.54) is 32.4 Å². The highest BCUT2D eigenvalue weighted by atomic mass is 32.1. The lowest BCUT2D eigenvalue weighted by atomic mass is 10.1. The standard InChI is InChI=1S/C14H14N4OS2/c1-9-6-13(19)18-14(15-9)21-12(16-18)8-17-4-2-11-10(7-17)3-5-20-11/h3,5-6H,2,4,7-8H2,1H3. The molecule has 0 atom stereocenters. The van der Waals surface area contributed by atoms with Crippen LogP contribution in [0.2, 0.25) is 0 Å². The van der Waals surface area contributed by atoms with E-state index < -0.39 is 0 Å². The molecule has 0 radical (unpaired) electrons. The van der Waals surface area contributed by atoms with Crippen LogP contribution in [0.15, 0.2) is 22.3 Å². The minimum atomic E-state index is -0.0984. The van der Waals surface area contributed by atoms with Gasteiger partial charge in [-0.3, -0.25) is 9.69 Å². The summed E-state index contributed by atoms with van der Waals surface area (Å²) in [7, 11) is 0. The van der Waals surface area contributed by atoms with Crippen LogP contribution in [0, 0.1) is 6.92 Å². The number of thiophene rings is 1. The van der Waals surface area contributed by atoms with Gasteiger partial charge in [0.25, 0.3) is 5.56 Å². The molecular formula is C14H14N4OS2. The molecule has 0 amide bonds. The van der Waals surface area contributed by atoms with Gasteiger partial charge in [0.05, 0.1) is 6.54 Å². The molecule has 0 N–H and O–H groups in total. The lowest BCUT2D eigenvalue weighted by molar-refractivity contribution is 0.246. The summed E-state index contributed by atoms with van der Waals surface area (Å²) in [6, 6.07) is 3.73. The van der Waals surface area contributed by atoms with Crippen molar-refractivity contribution in [3.8, 4) is 0 Å². The molecule has 5 nitrogen and oxygen atoms in total. The fraction of sp³-hybridized carbons (Fsp3) is 0.357.